The minimum absolute atomic E-state index is 0.272. The summed E-state index contributed by atoms with van der Waals surface area (Å²) in [5, 5.41) is 7.76. The van der Waals surface area contributed by atoms with Crippen molar-refractivity contribution in [1.29, 1.82) is 0 Å². The van der Waals surface area contributed by atoms with E-state index in [-0.39, 0.29) is 5.91 Å². The number of aryl methyl sites for hydroxylation is 1. The second kappa shape index (κ2) is 7.58. The van der Waals surface area contributed by atoms with Gasteiger partial charge >= 0.3 is 0 Å². The van der Waals surface area contributed by atoms with E-state index in [0.717, 1.165) is 28.3 Å². The zero-order valence-electron chi connectivity index (χ0n) is 14.8. The summed E-state index contributed by atoms with van der Waals surface area (Å²) in [6.07, 6.45) is 3.46. The average molecular weight is 371 g/mol. The van der Waals surface area contributed by atoms with Gasteiger partial charge in [0.1, 0.15) is 5.75 Å². The van der Waals surface area contributed by atoms with E-state index >= 15 is 0 Å². The van der Waals surface area contributed by atoms with Crippen LogP contribution in [0.3, 0.4) is 0 Å². The number of amides is 1. The summed E-state index contributed by atoms with van der Waals surface area (Å²) in [6.45, 7) is 4.16. The van der Waals surface area contributed by atoms with Crippen LogP contribution in [-0.4, -0.2) is 27.8 Å². The van der Waals surface area contributed by atoms with Crippen LogP contribution in [0.5, 0.6) is 5.75 Å². The van der Waals surface area contributed by atoms with Gasteiger partial charge in [0.15, 0.2) is 5.69 Å². The molecule has 3 rings (SSSR count). The first-order chi connectivity index (χ1) is 12.5. The number of hydrogen-bond donors (Lipinski definition) is 1. The molecule has 1 amide bonds. The lowest BCUT2D eigenvalue weighted by atomic mass is 10.1. The van der Waals surface area contributed by atoms with Gasteiger partial charge in [-0.1, -0.05) is 17.7 Å². The molecular weight excluding hydrogens is 352 g/mol. The highest BCUT2D eigenvalue weighted by molar-refractivity contribution is 6.30. The maximum absolute atomic E-state index is 12.4. The molecule has 0 aliphatic heterocycles. The number of nitrogens with one attached hydrogen (secondary N) is 1. The van der Waals surface area contributed by atoms with Crippen LogP contribution in [0.2, 0.25) is 5.02 Å². The quantitative estimate of drug-likeness (QED) is 0.746. The topological polar surface area (TPSA) is 69.0 Å². The van der Waals surface area contributed by atoms with Crippen molar-refractivity contribution < 1.29 is 9.53 Å². The maximum atomic E-state index is 12.4. The zero-order valence-corrected chi connectivity index (χ0v) is 15.5. The van der Waals surface area contributed by atoms with Crippen molar-refractivity contribution >= 4 is 17.5 Å². The van der Waals surface area contributed by atoms with Gasteiger partial charge in [0.05, 0.1) is 25.0 Å². The molecule has 26 heavy (non-hydrogen) atoms. The average Bonchev–Trinajstić information content (AvgIpc) is 3.11. The third-order valence-corrected chi connectivity index (χ3v) is 4.30. The van der Waals surface area contributed by atoms with Crippen molar-refractivity contribution in [3.63, 3.8) is 0 Å². The normalized spacial score (nSPS) is 10.6. The molecule has 0 saturated heterocycles. The fourth-order valence-corrected chi connectivity index (χ4v) is 2.90. The largest absolute Gasteiger partial charge is 0.496 e. The fourth-order valence-electron chi connectivity index (χ4n) is 2.71. The van der Waals surface area contributed by atoms with Gasteiger partial charge in [-0.25, -0.2) is 4.68 Å². The second-order valence-corrected chi connectivity index (χ2v) is 6.29. The number of methoxy groups -OCH3 is 1. The standard InChI is InChI=1S/C19H19ClN4O2/c1-12-10-21-17(13(2)18(12)26-3)11-22-19(25)16-7-8-24(23-16)15-6-4-5-14(20)9-15/h4-10H,11H2,1-3H3,(H,22,25). The van der Waals surface area contributed by atoms with Crippen LogP contribution in [-0.2, 0) is 6.54 Å². The van der Waals surface area contributed by atoms with E-state index in [9.17, 15) is 4.79 Å². The predicted molar refractivity (Wildman–Crippen MR) is 100 cm³/mol. The third-order valence-electron chi connectivity index (χ3n) is 4.06. The van der Waals surface area contributed by atoms with Gasteiger partial charge < -0.3 is 10.1 Å². The number of carbonyl (C=O) groups is 1. The molecule has 0 bridgehead atoms. The van der Waals surface area contributed by atoms with Gasteiger partial charge in [-0.15, -0.1) is 0 Å². The molecule has 6 nitrogen and oxygen atoms in total. The van der Waals surface area contributed by atoms with E-state index in [2.05, 4.69) is 15.4 Å². The van der Waals surface area contributed by atoms with E-state index in [4.69, 9.17) is 16.3 Å². The second-order valence-electron chi connectivity index (χ2n) is 5.85. The first-order valence-corrected chi connectivity index (χ1v) is 8.46. The number of rotatable bonds is 5. The molecule has 7 heteroatoms. The molecular formula is C19H19ClN4O2. The van der Waals surface area contributed by atoms with E-state index in [1.54, 1.807) is 42.4 Å². The minimum atomic E-state index is -0.272. The lowest BCUT2D eigenvalue weighted by Crippen LogP contribution is -2.24. The smallest absolute Gasteiger partial charge is 0.272 e. The Bertz CT molecular complexity index is 952. The molecule has 0 saturated carbocycles. The number of aromatic nitrogens is 3. The van der Waals surface area contributed by atoms with Crippen LogP contribution < -0.4 is 10.1 Å². The molecule has 1 aromatic carbocycles. The summed E-state index contributed by atoms with van der Waals surface area (Å²) >= 11 is 5.99. The molecule has 0 radical (unpaired) electrons. The Labute approximate surface area is 156 Å². The summed E-state index contributed by atoms with van der Waals surface area (Å²) in [5.74, 6) is 0.515. The Morgan fingerprint density at radius 1 is 1.31 bits per heavy atom. The SMILES string of the molecule is COc1c(C)cnc(CNC(=O)c2ccn(-c3cccc(Cl)c3)n2)c1C. The Balaban J connectivity index is 1.72. The van der Waals surface area contributed by atoms with Gasteiger partial charge in [0.2, 0.25) is 0 Å². The summed E-state index contributed by atoms with van der Waals surface area (Å²) in [7, 11) is 1.63. The van der Waals surface area contributed by atoms with Gasteiger partial charge in [-0.3, -0.25) is 9.78 Å². The summed E-state index contributed by atoms with van der Waals surface area (Å²) in [5.41, 5.74) is 3.74. The molecule has 0 atom stereocenters. The number of ether oxygens (including phenoxy) is 1. The lowest BCUT2D eigenvalue weighted by Gasteiger charge is -2.12. The van der Waals surface area contributed by atoms with Crippen LogP contribution in [0.15, 0.2) is 42.7 Å². The Morgan fingerprint density at radius 3 is 2.85 bits per heavy atom. The van der Waals surface area contributed by atoms with Crippen LogP contribution >= 0.6 is 11.6 Å². The summed E-state index contributed by atoms with van der Waals surface area (Å²) < 4.78 is 7.00. The number of halogens is 1. The number of pyridine rings is 1. The molecule has 0 spiro atoms. The monoisotopic (exact) mass is 370 g/mol. The number of hydrogen-bond acceptors (Lipinski definition) is 4. The predicted octanol–water partition coefficient (Wildman–Crippen LogP) is 3.48. The molecule has 0 fully saturated rings. The van der Waals surface area contributed by atoms with Gasteiger partial charge in [0, 0.05) is 28.5 Å². The van der Waals surface area contributed by atoms with Crippen LogP contribution in [0, 0.1) is 13.8 Å². The first kappa shape index (κ1) is 17.9. The number of benzene rings is 1. The highest BCUT2D eigenvalue weighted by Gasteiger charge is 2.13. The summed E-state index contributed by atoms with van der Waals surface area (Å²) in [4.78, 5) is 16.8. The first-order valence-electron chi connectivity index (χ1n) is 8.08. The minimum Gasteiger partial charge on any atom is -0.496 e. The molecule has 0 unspecified atom stereocenters. The van der Waals surface area contributed by atoms with Crippen molar-refractivity contribution in [3.05, 3.63) is 70.3 Å². The number of carbonyl (C=O) groups excluding carboxylic acids is 1. The molecule has 3 aromatic rings. The van der Waals surface area contributed by atoms with Crippen LogP contribution in [0.1, 0.15) is 27.3 Å². The third kappa shape index (κ3) is 3.70. The molecule has 2 heterocycles. The van der Waals surface area contributed by atoms with Gasteiger partial charge in [0.25, 0.3) is 5.91 Å². The van der Waals surface area contributed by atoms with Gasteiger partial charge in [-0.2, -0.15) is 5.10 Å². The van der Waals surface area contributed by atoms with Crippen molar-refractivity contribution in [2.24, 2.45) is 0 Å². The fraction of sp³-hybridized carbons (Fsp3) is 0.211. The van der Waals surface area contributed by atoms with Crippen LogP contribution in [0.4, 0.5) is 0 Å². The van der Waals surface area contributed by atoms with Crippen LogP contribution in [0.25, 0.3) is 5.69 Å². The van der Waals surface area contributed by atoms with E-state index in [0.29, 0.717) is 17.3 Å². The van der Waals surface area contributed by atoms with E-state index in [1.165, 1.54) is 0 Å². The molecule has 1 N–H and O–H groups in total. The molecule has 0 aliphatic carbocycles. The maximum Gasteiger partial charge on any atom is 0.272 e. The van der Waals surface area contributed by atoms with E-state index in [1.807, 2.05) is 26.0 Å². The lowest BCUT2D eigenvalue weighted by molar-refractivity contribution is 0.0945. The molecule has 2 aromatic heterocycles. The number of nitrogens with zero attached hydrogens (tertiary/aromatic N) is 3. The molecule has 134 valence electrons. The van der Waals surface area contributed by atoms with Crippen molar-refractivity contribution in [3.8, 4) is 11.4 Å². The Hall–Kier alpha value is -2.86. The highest BCUT2D eigenvalue weighted by atomic mass is 35.5. The Kier molecular flexibility index (Phi) is 5.23. The van der Waals surface area contributed by atoms with E-state index < -0.39 is 0 Å². The van der Waals surface area contributed by atoms with Crippen molar-refractivity contribution in [2.45, 2.75) is 20.4 Å². The zero-order chi connectivity index (χ0) is 18.7. The van der Waals surface area contributed by atoms with Crippen molar-refractivity contribution in [1.82, 2.24) is 20.1 Å². The van der Waals surface area contributed by atoms with Crippen molar-refractivity contribution in [2.75, 3.05) is 7.11 Å². The Morgan fingerprint density at radius 2 is 2.12 bits per heavy atom. The summed E-state index contributed by atoms with van der Waals surface area (Å²) in [6, 6.07) is 8.92. The van der Waals surface area contributed by atoms with Gasteiger partial charge in [-0.05, 0) is 38.1 Å². The molecule has 0 aliphatic rings. The highest BCUT2D eigenvalue weighted by Crippen LogP contribution is 2.23.